The van der Waals surface area contributed by atoms with Crippen molar-refractivity contribution in [1.82, 2.24) is 0 Å². The molecule has 0 saturated carbocycles. The van der Waals surface area contributed by atoms with E-state index < -0.39 is 0 Å². The minimum atomic E-state index is 1.19. The second kappa shape index (κ2) is 5.91. The molecule has 0 unspecified atom stereocenters. The molecule has 1 rings (SSSR count). The van der Waals surface area contributed by atoms with Crippen LogP contribution in [-0.4, -0.2) is 0 Å². The van der Waals surface area contributed by atoms with Crippen LogP contribution in [0.25, 0.3) is 0 Å². The number of rotatable bonds is 0. The minimum absolute atomic E-state index is 1.19. The van der Waals surface area contributed by atoms with Gasteiger partial charge in [-0.2, -0.15) is 34.9 Å². The van der Waals surface area contributed by atoms with E-state index in [1.54, 1.807) is 0 Å². The molecular formula is C9H11BrZn. The summed E-state index contributed by atoms with van der Waals surface area (Å²) in [5.74, 6) is 0. The standard InChI is InChI=1S/C9H11.BrH.Zn/c1-7-5-4-6-8(2)9(7)3;;/h5-6H,1-3H3;1H;/q-1;;+2/p-1. The fourth-order valence-corrected chi connectivity index (χ4v) is 0.819. The summed E-state index contributed by atoms with van der Waals surface area (Å²) in [6.07, 6.45) is 0. The molecule has 0 aromatic heterocycles. The third-order valence-electron chi connectivity index (χ3n) is 1.78. The first-order valence-electron chi connectivity index (χ1n) is 3.42. The van der Waals surface area contributed by atoms with E-state index in [0.717, 1.165) is 0 Å². The maximum atomic E-state index is 3.07. The molecule has 2 heteroatoms. The first kappa shape index (κ1) is 11.3. The van der Waals surface area contributed by atoms with Gasteiger partial charge >= 0.3 is 30.0 Å². The molecule has 0 fully saturated rings. The molecule has 0 atom stereocenters. The monoisotopic (exact) mass is 262 g/mol. The predicted molar refractivity (Wildman–Crippen MR) is 48.4 cm³/mol. The SMILES string of the molecule is Cc1c[c-]cc(C)c1C.[Zn+][Br]. The number of hydrogen-bond donors (Lipinski definition) is 0. The summed E-state index contributed by atoms with van der Waals surface area (Å²) in [6.45, 7) is 6.36. The van der Waals surface area contributed by atoms with E-state index >= 15 is 0 Å². The van der Waals surface area contributed by atoms with Gasteiger partial charge in [-0.05, 0) is 0 Å². The summed E-state index contributed by atoms with van der Waals surface area (Å²) in [5.41, 5.74) is 4.04. The van der Waals surface area contributed by atoms with Gasteiger partial charge in [-0.15, -0.1) is 0 Å². The van der Waals surface area contributed by atoms with E-state index in [1.807, 2.05) is 12.1 Å². The molecule has 0 N–H and O–H groups in total. The third-order valence-corrected chi connectivity index (χ3v) is 1.78. The van der Waals surface area contributed by atoms with Gasteiger partial charge in [0, 0.05) is 0 Å². The van der Waals surface area contributed by atoms with Crippen LogP contribution in [0.2, 0.25) is 0 Å². The normalized spacial score (nSPS) is 8.55. The maximum absolute atomic E-state index is 3.07. The predicted octanol–water partition coefficient (Wildman–Crippen LogP) is 3.26. The van der Waals surface area contributed by atoms with Gasteiger partial charge in [-0.25, -0.2) is 0 Å². The van der Waals surface area contributed by atoms with Crippen molar-refractivity contribution in [3.8, 4) is 0 Å². The molecule has 0 radical (unpaired) electrons. The van der Waals surface area contributed by atoms with Crippen LogP contribution in [0.4, 0.5) is 0 Å². The van der Waals surface area contributed by atoms with Crippen LogP contribution < -0.4 is 0 Å². The van der Waals surface area contributed by atoms with Gasteiger partial charge < -0.3 is 0 Å². The average Bonchev–Trinajstić information content (AvgIpc) is 2.04. The van der Waals surface area contributed by atoms with Crippen LogP contribution in [0.3, 0.4) is 0 Å². The molecule has 0 spiro atoms. The van der Waals surface area contributed by atoms with E-state index in [-0.39, 0.29) is 0 Å². The Kier molecular flexibility index (Phi) is 6.08. The Labute approximate surface area is 85.4 Å². The molecule has 1 aromatic rings. The molecule has 0 amide bonds. The number of benzene rings is 1. The van der Waals surface area contributed by atoms with Gasteiger partial charge in [0.1, 0.15) is 0 Å². The zero-order valence-corrected chi connectivity index (χ0v) is 11.8. The number of hydrogen-bond acceptors (Lipinski definition) is 0. The third kappa shape index (κ3) is 3.49. The molecule has 56 valence electrons. The Bertz CT molecular complexity index is 201. The van der Waals surface area contributed by atoms with Crippen LogP contribution in [0, 0.1) is 26.8 Å². The molecule has 0 heterocycles. The average molecular weight is 264 g/mol. The van der Waals surface area contributed by atoms with Gasteiger partial charge in [-0.1, -0.05) is 20.8 Å². The fourth-order valence-electron chi connectivity index (χ4n) is 0.819. The van der Waals surface area contributed by atoms with Crippen molar-refractivity contribution in [2.24, 2.45) is 0 Å². The molecule has 1 aromatic carbocycles. The number of aryl methyl sites for hydroxylation is 2. The summed E-state index contributed by atoms with van der Waals surface area (Å²) < 4.78 is 0. The Morgan fingerprint density at radius 1 is 1.09 bits per heavy atom. The zero-order chi connectivity index (χ0) is 8.85. The molecular weight excluding hydrogens is 253 g/mol. The molecule has 0 aliphatic heterocycles. The zero-order valence-electron chi connectivity index (χ0n) is 7.24. The molecule has 11 heavy (non-hydrogen) atoms. The Morgan fingerprint density at radius 2 is 1.45 bits per heavy atom. The van der Waals surface area contributed by atoms with E-state index in [1.165, 1.54) is 33.0 Å². The second-order valence-corrected chi connectivity index (χ2v) is 2.45. The van der Waals surface area contributed by atoms with Crippen molar-refractivity contribution >= 4 is 13.6 Å². The topological polar surface area (TPSA) is 0 Å². The molecule has 0 aliphatic carbocycles. The summed E-state index contributed by atoms with van der Waals surface area (Å²) in [5, 5.41) is 0. The van der Waals surface area contributed by atoms with E-state index in [9.17, 15) is 0 Å². The Balaban J connectivity index is 0.000000461. The van der Waals surface area contributed by atoms with Crippen LogP contribution in [0.15, 0.2) is 12.1 Å². The molecule has 0 aliphatic rings. The molecule has 0 saturated heterocycles. The van der Waals surface area contributed by atoms with Gasteiger partial charge in [0.2, 0.25) is 0 Å². The number of halogens is 1. The van der Waals surface area contributed by atoms with E-state index in [4.69, 9.17) is 0 Å². The molecule has 0 nitrogen and oxygen atoms in total. The van der Waals surface area contributed by atoms with Crippen molar-refractivity contribution in [3.63, 3.8) is 0 Å². The van der Waals surface area contributed by atoms with Crippen molar-refractivity contribution in [2.45, 2.75) is 20.8 Å². The second-order valence-electron chi connectivity index (χ2n) is 2.45. The van der Waals surface area contributed by atoms with Crippen LogP contribution >= 0.6 is 13.6 Å². The van der Waals surface area contributed by atoms with Gasteiger partial charge in [0.25, 0.3) is 0 Å². The van der Waals surface area contributed by atoms with Crippen molar-refractivity contribution in [2.75, 3.05) is 0 Å². The van der Waals surface area contributed by atoms with Crippen molar-refractivity contribution in [1.29, 1.82) is 0 Å². The van der Waals surface area contributed by atoms with Gasteiger partial charge in [0.05, 0.1) is 0 Å². The van der Waals surface area contributed by atoms with E-state index in [0.29, 0.717) is 0 Å². The Hall–Kier alpha value is 0.323. The summed E-state index contributed by atoms with van der Waals surface area (Å²) in [7, 11) is 0. The first-order chi connectivity index (χ1) is 5.22. The molecule has 0 bridgehead atoms. The Morgan fingerprint density at radius 3 is 1.73 bits per heavy atom. The van der Waals surface area contributed by atoms with Crippen molar-refractivity contribution in [3.05, 3.63) is 34.9 Å². The van der Waals surface area contributed by atoms with Crippen LogP contribution in [0.5, 0.6) is 0 Å². The summed E-state index contributed by atoms with van der Waals surface area (Å²) >= 11 is 4.25. The first-order valence-corrected chi connectivity index (χ1v) is 10.4. The van der Waals surface area contributed by atoms with Crippen LogP contribution in [0.1, 0.15) is 16.7 Å². The fraction of sp³-hybridized carbons (Fsp3) is 0.333. The quantitative estimate of drug-likeness (QED) is 0.498. The summed E-state index contributed by atoms with van der Waals surface area (Å²) in [4.78, 5) is 0. The van der Waals surface area contributed by atoms with E-state index in [2.05, 4.69) is 40.5 Å². The van der Waals surface area contributed by atoms with Crippen LogP contribution in [-0.2, 0) is 16.3 Å². The summed E-state index contributed by atoms with van der Waals surface area (Å²) in [6, 6.07) is 7.10. The van der Waals surface area contributed by atoms with Crippen molar-refractivity contribution < 1.29 is 16.3 Å². The van der Waals surface area contributed by atoms with Gasteiger partial charge in [0.15, 0.2) is 0 Å². The van der Waals surface area contributed by atoms with Gasteiger partial charge in [-0.3, -0.25) is 0 Å².